The molecule has 29 heavy (non-hydrogen) atoms. The summed E-state index contributed by atoms with van der Waals surface area (Å²) in [6, 6.07) is 4.92. The zero-order valence-corrected chi connectivity index (χ0v) is 16.4. The molecule has 1 aromatic rings. The lowest BCUT2D eigenvalue weighted by molar-refractivity contribution is -0.146. The quantitative estimate of drug-likeness (QED) is 0.746. The fourth-order valence-corrected chi connectivity index (χ4v) is 6.01. The summed E-state index contributed by atoms with van der Waals surface area (Å²) in [6.45, 7) is 0.292. The van der Waals surface area contributed by atoms with Crippen molar-refractivity contribution < 1.29 is 22.8 Å². The summed E-state index contributed by atoms with van der Waals surface area (Å²) in [5, 5.41) is 5.58. The Kier molecular flexibility index (Phi) is 5.34. The molecule has 7 heteroatoms. The second kappa shape index (κ2) is 7.65. The van der Waals surface area contributed by atoms with Crippen molar-refractivity contribution in [3.05, 3.63) is 35.4 Å². The number of amides is 2. The second-order valence-corrected chi connectivity index (χ2v) is 9.18. The maximum atomic E-state index is 12.8. The van der Waals surface area contributed by atoms with Gasteiger partial charge >= 0.3 is 6.18 Å². The van der Waals surface area contributed by atoms with Crippen molar-refractivity contribution in [2.45, 2.75) is 57.7 Å². The van der Waals surface area contributed by atoms with Gasteiger partial charge in [-0.05, 0) is 74.0 Å². The van der Waals surface area contributed by atoms with Crippen LogP contribution in [0.5, 0.6) is 0 Å². The number of benzene rings is 1. The molecule has 4 aliphatic carbocycles. The van der Waals surface area contributed by atoms with Gasteiger partial charge in [-0.1, -0.05) is 12.1 Å². The van der Waals surface area contributed by atoms with E-state index in [0.717, 1.165) is 31.4 Å². The summed E-state index contributed by atoms with van der Waals surface area (Å²) >= 11 is 0. The highest BCUT2D eigenvalue weighted by Crippen LogP contribution is 2.60. The fraction of sp³-hybridized carbons (Fsp3) is 0.636. The molecule has 4 bridgehead atoms. The molecule has 0 heterocycles. The van der Waals surface area contributed by atoms with Gasteiger partial charge < -0.3 is 10.6 Å². The summed E-state index contributed by atoms with van der Waals surface area (Å²) in [5.74, 6) is 1.85. The molecular formula is C22H27F3N2O2. The van der Waals surface area contributed by atoms with Crippen LogP contribution in [0.4, 0.5) is 13.2 Å². The molecule has 158 valence electrons. The van der Waals surface area contributed by atoms with Gasteiger partial charge in [-0.15, -0.1) is 0 Å². The highest BCUT2D eigenvalue weighted by Gasteiger charge is 2.54. The Morgan fingerprint density at radius 2 is 1.62 bits per heavy atom. The predicted octanol–water partition coefficient (Wildman–Crippen LogP) is 4.04. The molecule has 0 unspecified atom stereocenters. The molecule has 0 atom stereocenters. The molecule has 0 spiro atoms. The van der Waals surface area contributed by atoms with Gasteiger partial charge in [0.1, 0.15) is 0 Å². The van der Waals surface area contributed by atoms with Crippen LogP contribution < -0.4 is 10.6 Å². The minimum absolute atomic E-state index is 0.0334. The molecule has 4 aliphatic rings. The first-order valence-electron chi connectivity index (χ1n) is 10.4. The smallest absolute Gasteiger partial charge is 0.355 e. The molecule has 4 saturated carbocycles. The lowest BCUT2D eigenvalue weighted by Crippen LogP contribution is -2.53. The third-order valence-electron chi connectivity index (χ3n) is 6.90. The van der Waals surface area contributed by atoms with Gasteiger partial charge in [-0.3, -0.25) is 9.59 Å². The molecule has 0 aromatic heterocycles. The van der Waals surface area contributed by atoms with Crippen LogP contribution >= 0.6 is 0 Å². The normalized spacial score (nSPS) is 30.2. The molecule has 5 rings (SSSR count). The first kappa shape index (κ1) is 20.2. The zero-order chi connectivity index (χ0) is 20.6. The van der Waals surface area contributed by atoms with E-state index < -0.39 is 11.7 Å². The lowest BCUT2D eigenvalue weighted by Gasteiger charge is -2.55. The van der Waals surface area contributed by atoms with Gasteiger partial charge in [-0.2, -0.15) is 13.2 Å². The fourth-order valence-electron chi connectivity index (χ4n) is 6.01. The van der Waals surface area contributed by atoms with Crippen molar-refractivity contribution in [3.8, 4) is 0 Å². The van der Waals surface area contributed by atoms with Crippen LogP contribution in [0.15, 0.2) is 24.3 Å². The molecule has 0 radical (unpaired) electrons. The molecule has 4 fully saturated rings. The average Bonchev–Trinajstić information content (AvgIpc) is 2.65. The van der Waals surface area contributed by atoms with Crippen molar-refractivity contribution in [2.24, 2.45) is 23.2 Å². The van der Waals surface area contributed by atoms with Gasteiger partial charge in [-0.25, -0.2) is 0 Å². The van der Waals surface area contributed by atoms with E-state index in [1.165, 1.54) is 25.3 Å². The highest BCUT2D eigenvalue weighted by molar-refractivity contribution is 5.84. The second-order valence-electron chi connectivity index (χ2n) is 9.18. The van der Waals surface area contributed by atoms with Crippen LogP contribution in [-0.4, -0.2) is 18.4 Å². The summed E-state index contributed by atoms with van der Waals surface area (Å²) in [5.41, 5.74) is -0.568. The van der Waals surface area contributed by atoms with Crippen molar-refractivity contribution in [2.75, 3.05) is 6.54 Å². The van der Waals surface area contributed by atoms with E-state index in [1.54, 1.807) is 6.07 Å². The number of halogens is 3. The van der Waals surface area contributed by atoms with Crippen LogP contribution in [0, 0.1) is 23.2 Å². The molecule has 0 saturated heterocycles. The molecular weight excluding hydrogens is 381 g/mol. The number of rotatable bonds is 6. The number of carbonyl (C=O) groups is 2. The Morgan fingerprint density at radius 3 is 2.21 bits per heavy atom. The van der Waals surface area contributed by atoms with Gasteiger partial charge in [0.25, 0.3) is 0 Å². The van der Waals surface area contributed by atoms with Crippen LogP contribution in [0.2, 0.25) is 0 Å². The van der Waals surface area contributed by atoms with Crippen LogP contribution in [0.3, 0.4) is 0 Å². The monoisotopic (exact) mass is 408 g/mol. The summed E-state index contributed by atoms with van der Waals surface area (Å²) in [7, 11) is 0. The first-order chi connectivity index (χ1) is 13.7. The number of alkyl halides is 3. The van der Waals surface area contributed by atoms with Gasteiger partial charge in [0.05, 0.1) is 5.56 Å². The van der Waals surface area contributed by atoms with E-state index in [4.69, 9.17) is 0 Å². The maximum Gasteiger partial charge on any atom is 0.416 e. The van der Waals surface area contributed by atoms with Crippen molar-refractivity contribution >= 4 is 11.8 Å². The zero-order valence-electron chi connectivity index (χ0n) is 16.4. The van der Waals surface area contributed by atoms with Crippen molar-refractivity contribution in [1.82, 2.24) is 10.6 Å². The number of hydrogen-bond donors (Lipinski definition) is 2. The Morgan fingerprint density at radius 1 is 1.00 bits per heavy atom. The van der Waals surface area contributed by atoms with E-state index >= 15 is 0 Å². The lowest BCUT2D eigenvalue weighted by atomic mass is 9.49. The standard InChI is InChI=1S/C22H27F3N2O2/c23-22(24,25)18-3-1-2-14(9-18)13-27-19(28)4-5-26-20(29)21-10-15-6-16(11-21)8-17(7-15)12-21/h1-3,9,15-17H,4-8,10-13H2,(H,26,29)(H,27,28). The minimum atomic E-state index is -4.40. The molecule has 2 amide bonds. The number of nitrogens with one attached hydrogen (secondary N) is 2. The van der Waals surface area contributed by atoms with E-state index in [2.05, 4.69) is 10.6 Å². The van der Waals surface area contributed by atoms with E-state index in [-0.39, 0.29) is 36.7 Å². The largest absolute Gasteiger partial charge is 0.416 e. The number of carbonyl (C=O) groups excluding carboxylic acids is 2. The highest BCUT2D eigenvalue weighted by atomic mass is 19.4. The van der Waals surface area contributed by atoms with Gasteiger partial charge in [0, 0.05) is 24.9 Å². The maximum absolute atomic E-state index is 12.8. The van der Waals surface area contributed by atoms with E-state index in [9.17, 15) is 22.8 Å². The average molecular weight is 408 g/mol. The van der Waals surface area contributed by atoms with Crippen LogP contribution in [0.1, 0.15) is 56.1 Å². The van der Waals surface area contributed by atoms with Crippen LogP contribution in [0.25, 0.3) is 0 Å². The third kappa shape index (κ3) is 4.43. The molecule has 2 N–H and O–H groups in total. The van der Waals surface area contributed by atoms with Crippen molar-refractivity contribution in [1.29, 1.82) is 0 Å². The van der Waals surface area contributed by atoms with E-state index in [0.29, 0.717) is 23.3 Å². The Hall–Kier alpha value is -2.05. The molecule has 4 nitrogen and oxygen atoms in total. The van der Waals surface area contributed by atoms with E-state index in [1.807, 2.05) is 0 Å². The SMILES string of the molecule is O=C(CCNC(=O)C12CC3CC(CC(C3)C1)C2)NCc1cccc(C(F)(F)F)c1. The Balaban J connectivity index is 1.22. The summed E-state index contributed by atoms with van der Waals surface area (Å²) in [4.78, 5) is 24.9. The first-order valence-corrected chi connectivity index (χ1v) is 10.4. The Bertz CT molecular complexity index is 755. The molecule has 1 aromatic carbocycles. The Labute approximate surface area is 168 Å². The molecule has 0 aliphatic heterocycles. The summed E-state index contributed by atoms with van der Waals surface area (Å²) in [6.07, 6.45) is 2.46. The summed E-state index contributed by atoms with van der Waals surface area (Å²) < 4.78 is 38.3. The van der Waals surface area contributed by atoms with Crippen molar-refractivity contribution in [3.63, 3.8) is 0 Å². The number of hydrogen-bond acceptors (Lipinski definition) is 2. The third-order valence-corrected chi connectivity index (χ3v) is 6.90. The predicted molar refractivity (Wildman–Crippen MR) is 102 cm³/mol. The van der Waals surface area contributed by atoms with Crippen LogP contribution in [-0.2, 0) is 22.3 Å². The minimum Gasteiger partial charge on any atom is -0.355 e. The van der Waals surface area contributed by atoms with Gasteiger partial charge in [0.2, 0.25) is 11.8 Å². The topological polar surface area (TPSA) is 58.2 Å². The van der Waals surface area contributed by atoms with Gasteiger partial charge in [0.15, 0.2) is 0 Å².